The lowest BCUT2D eigenvalue weighted by Crippen LogP contribution is -2.61. The summed E-state index contributed by atoms with van der Waals surface area (Å²) in [7, 11) is 0. The normalized spacial score (nSPS) is 20.8. The number of hydrogen-bond donors (Lipinski definition) is 1. The van der Waals surface area contributed by atoms with Gasteiger partial charge >= 0.3 is 0 Å². The number of nitrogens with zero attached hydrogens (tertiary/aromatic N) is 2. The Bertz CT molecular complexity index is 606. The van der Waals surface area contributed by atoms with Crippen molar-refractivity contribution < 1.29 is 14.3 Å². The van der Waals surface area contributed by atoms with Crippen LogP contribution in [0.25, 0.3) is 0 Å². The van der Waals surface area contributed by atoms with Crippen LogP contribution >= 0.6 is 11.6 Å². The van der Waals surface area contributed by atoms with Crippen molar-refractivity contribution in [1.29, 1.82) is 0 Å². The molecule has 1 aromatic carbocycles. The van der Waals surface area contributed by atoms with E-state index in [1.807, 2.05) is 0 Å². The molecule has 6 nitrogen and oxygen atoms in total. The molecule has 2 fully saturated rings. The van der Waals surface area contributed by atoms with Crippen molar-refractivity contribution in [2.45, 2.75) is 18.4 Å². The molecule has 0 aliphatic carbocycles. The van der Waals surface area contributed by atoms with Gasteiger partial charge in [0.25, 0.3) is 5.91 Å². The van der Waals surface area contributed by atoms with Crippen LogP contribution in [-0.4, -0.2) is 66.5 Å². The molecule has 3 rings (SSSR count). The van der Waals surface area contributed by atoms with E-state index in [0.29, 0.717) is 62.8 Å². The van der Waals surface area contributed by atoms with Crippen LogP contribution in [0.4, 0.5) is 0 Å². The molecule has 130 valence electrons. The first-order valence-electron chi connectivity index (χ1n) is 8.20. The van der Waals surface area contributed by atoms with Crippen LogP contribution in [0.2, 0.25) is 5.02 Å². The number of hydrogen-bond acceptors (Lipinski definition) is 4. The first kappa shape index (κ1) is 17.2. The lowest BCUT2D eigenvalue weighted by Gasteiger charge is -2.40. The summed E-state index contributed by atoms with van der Waals surface area (Å²) in [5, 5.41) is 0.603. The van der Waals surface area contributed by atoms with E-state index in [9.17, 15) is 9.59 Å². The minimum Gasteiger partial charge on any atom is -0.381 e. The van der Waals surface area contributed by atoms with Gasteiger partial charge in [-0.15, -0.1) is 0 Å². The predicted molar refractivity (Wildman–Crippen MR) is 90.9 cm³/mol. The maximum Gasteiger partial charge on any atom is 0.253 e. The fourth-order valence-electron chi connectivity index (χ4n) is 3.15. The minimum absolute atomic E-state index is 0.0237. The van der Waals surface area contributed by atoms with E-state index in [4.69, 9.17) is 22.1 Å². The molecule has 0 radical (unpaired) electrons. The van der Waals surface area contributed by atoms with Crippen LogP contribution in [0.3, 0.4) is 0 Å². The number of carbonyl (C=O) groups is 2. The summed E-state index contributed by atoms with van der Waals surface area (Å²) >= 11 is 5.85. The van der Waals surface area contributed by atoms with Crippen molar-refractivity contribution >= 4 is 23.4 Å². The number of piperazine rings is 1. The molecule has 2 aliphatic heterocycles. The Labute approximate surface area is 146 Å². The Morgan fingerprint density at radius 2 is 1.54 bits per heavy atom. The zero-order valence-electron chi connectivity index (χ0n) is 13.5. The number of ether oxygens (including phenoxy) is 1. The summed E-state index contributed by atoms with van der Waals surface area (Å²) in [4.78, 5) is 28.7. The average Bonchev–Trinajstić information content (AvgIpc) is 2.62. The Morgan fingerprint density at radius 3 is 2.12 bits per heavy atom. The molecule has 2 amide bonds. The number of benzene rings is 1. The highest BCUT2D eigenvalue weighted by Crippen LogP contribution is 2.22. The molecular formula is C17H22ClN3O3. The van der Waals surface area contributed by atoms with Crippen molar-refractivity contribution in [3.05, 3.63) is 34.9 Å². The van der Waals surface area contributed by atoms with Gasteiger partial charge in [0, 0.05) is 50.0 Å². The number of halogens is 1. The third-order valence-electron chi connectivity index (χ3n) is 4.76. The quantitative estimate of drug-likeness (QED) is 0.866. The van der Waals surface area contributed by atoms with E-state index in [0.717, 1.165) is 0 Å². The van der Waals surface area contributed by atoms with Crippen LogP contribution < -0.4 is 5.73 Å². The summed E-state index contributed by atoms with van der Waals surface area (Å²) in [6, 6.07) is 6.86. The van der Waals surface area contributed by atoms with Crippen LogP contribution in [0.1, 0.15) is 23.2 Å². The third kappa shape index (κ3) is 3.55. The third-order valence-corrected chi connectivity index (χ3v) is 5.01. The molecule has 0 bridgehead atoms. The molecule has 2 saturated heterocycles. The Kier molecular flexibility index (Phi) is 5.08. The molecule has 0 spiro atoms. The topological polar surface area (TPSA) is 75.9 Å². The molecular weight excluding hydrogens is 330 g/mol. The van der Waals surface area contributed by atoms with Crippen LogP contribution in [-0.2, 0) is 9.53 Å². The summed E-state index contributed by atoms with van der Waals surface area (Å²) < 4.78 is 5.30. The van der Waals surface area contributed by atoms with Gasteiger partial charge in [0.15, 0.2) is 0 Å². The summed E-state index contributed by atoms with van der Waals surface area (Å²) in [6.45, 7) is 3.10. The average molecular weight is 352 g/mol. The van der Waals surface area contributed by atoms with E-state index < -0.39 is 5.54 Å². The lowest BCUT2D eigenvalue weighted by molar-refractivity contribution is -0.142. The number of carbonyl (C=O) groups excluding carboxylic acids is 2. The van der Waals surface area contributed by atoms with Gasteiger partial charge in [-0.3, -0.25) is 9.59 Å². The molecule has 0 aromatic heterocycles. The number of amides is 2. The van der Waals surface area contributed by atoms with Crippen LogP contribution in [0, 0.1) is 0 Å². The molecule has 2 N–H and O–H groups in total. The monoisotopic (exact) mass is 351 g/mol. The molecule has 0 saturated carbocycles. The molecule has 0 atom stereocenters. The predicted octanol–water partition coefficient (Wildman–Crippen LogP) is 1.13. The molecule has 2 aliphatic rings. The first-order valence-corrected chi connectivity index (χ1v) is 8.58. The fraction of sp³-hybridized carbons (Fsp3) is 0.529. The second-order valence-corrected chi connectivity index (χ2v) is 6.80. The van der Waals surface area contributed by atoms with Crippen LogP contribution in [0.5, 0.6) is 0 Å². The van der Waals surface area contributed by atoms with E-state index in [1.165, 1.54) is 0 Å². The van der Waals surface area contributed by atoms with Gasteiger partial charge in [0.2, 0.25) is 5.91 Å². The largest absolute Gasteiger partial charge is 0.381 e. The van der Waals surface area contributed by atoms with Gasteiger partial charge in [0.05, 0.1) is 5.54 Å². The highest BCUT2D eigenvalue weighted by atomic mass is 35.5. The van der Waals surface area contributed by atoms with Crippen molar-refractivity contribution in [2.24, 2.45) is 5.73 Å². The molecule has 0 unspecified atom stereocenters. The zero-order valence-corrected chi connectivity index (χ0v) is 14.3. The Balaban J connectivity index is 1.58. The molecule has 24 heavy (non-hydrogen) atoms. The van der Waals surface area contributed by atoms with Gasteiger partial charge in [0.1, 0.15) is 0 Å². The van der Waals surface area contributed by atoms with E-state index in [2.05, 4.69) is 0 Å². The summed E-state index contributed by atoms with van der Waals surface area (Å²) in [6.07, 6.45) is 1.10. The van der Waals surface area contributed by atoms with Gasteiger partial charge in [-0.25, -0.2) is 0 Å². The second-order valence-electron chi connectivity index (χ2n) is 6.36. The molecule has 2 heterocycles. The van der Waals surface area contributed by atoms with Gasteiger partial charge < -0.3 is 20.3 Å². The van der Waals surface area contributed by atoms with Gasteiger partial charge in [-0.05, 0) is 37.1 Å². The van der Waals surface area contributed by atoms with Crippen LogP contribution in [0.15, 0.2) is 24.3 Å². The van der Waals surface area contributed by atoms with E-state index in [1.54, 1.807) is 34.1 Å². The molecule has 1 aromatic rings. The standard InChI is InChI=1S/C17H22ClN3O3/c18-14-3-1-13(2-4-14)15(22)20-7-9-21(10-8-20)16(23)17(19)5-11-24-12-6-17/h1-4H,5-12,19H2. The highest BCUT2D eigenvalue weighted by molar-refractivity contribution is 6.30. The van der Waals surface area contributed by atoms with E-state index >= 15 is 0 Å². The maximum absolute atomic E-state index is 12.7. The maximum atomic E-state index is 12.7. The molecule has 7 heteroatoms. The second kappa shape index (κ2) is 7.09. The number of rotatable bonds is 2. The van der Waals surface area contributed by atoms with Crippen molar-refractivity contribution in [3.63, 3.8) is 0 Å². The fourth-order valence-corrected chi connectivity index (χ4v) is 3.28. The van der Waals surface area contributed by atoms with E-state index in [-0.39, 0.29) is 11.8 Å². The Morgan fingerprint density at radius 1 is 1.00 bits per heavy atom. The zero-order chi connectivity index (χ0) is 17.2. The lowest BCUT2D eigenvalue weighted by atomic mass is 9.89. The summed E-state index contributed by atoms with van der Waals surface area (Å²) in [5.74, 6) is -0.0586. The first-order chi connectivity index (χ1) is 11.5. The summed E-state index contributed by atoms with van der Waals surface area (Å²) in [5.41, 5.74) is 6.06. The van der Waals surface area contributed by atoms with Gasteiger partial charge in [-0.1, -0.05) is 11.6 Å². The highest BCUT2D eigenvalue weighted by Gasteiger charge is 2.40. The van der Waals surface area contributed by atoms with Crippen molar-refractivity contribution in [1.82, 2.24) is 9.80 Å². The minimum atomic E-state index is -0.819. The van der Waals surface area contributed by atoms with Gasteiger partial charge in [-0.2, -0.15) is 0 Å². The SMILES string of the molecule is NC1(C(=O)N2CCN(C(=O)c3ccc(Cl)cc3)CC2)CCOCC1. The van der Waals surface area contributed by atoms with Crippen molar-refractivity contribution in [2.75, 3.05) is 39.4 Å². The smallest absolute Gasteiger partial charge is 0.253 e. The number of nitrogens with two attached hydrogens (primary N) is 1. The Hall–Kier alpha value is -1.63. The van der Waals surface area contributed by atoms with Crippen molar-refractivity contribution in [3.8, 4) is 0 Å².